The van der Waals surface area contributed by atoms with Crippen LogP contribution in [-0.2, 0) is 14.6 Å². The number of nitrogens with zero attached hydrogens (tertiary/aromatic N) is 1. The highest BCUT2D eigenvalue weighted by Gasteiger charge is 2.32. The lowest BCUT2D eigenvalue weighted by atomic mass is 10.2. The zero-order chi connectivity index (χ0) is 22.6. The number of hydrogen-bond donors (Lipinski definition) is 1. The molecular weight excluding hydrogens is 459 g/mol. The average molecular weight is 485 g/mol. The molecule has 0 saturated carbocycles. The van der Waals surface area contributed by atoms with Gasteiger partial charge in [-0.3, -0.25) is 0 Å². The topological polar surface area (TPSA) is 66.5 Å². The predicted molar refractivity (Wildman–Crippen MR) is 135 cm³/mol. The van der Waals surface area contributed by atoms with Crippen LogP contribution >= 0.6 is 19.4 Å². The van der Waals surface area contributed by atoms with Crippen molar-refractivity contribution in [1.82, 2.24) is 4.31 Å². The standard InChI is InChI=1S/C24H25N2O3PS2/c27-30(21-10-4-1-5-11-21,22-12-6-2-7-13-22)24(31)25-20-14-16-23(17-15-20)32(28,29)26-18-8-3-9-19-26/h1-2,4-7,10-17H,3,8-9,18-19H2,(H,25,31). The van der Waals surface area contributed by atoms with Crippen LogP contribution in [0.4, 0.5) is 5.69 Å². The van der Waals surface area contributed by atoms with Gasteiger partial charge in [-0.2, -0.15) is 4.31 Å². The number of sulfonamides is 1. The molecule has 1 aliphatic rings. The van der Waals surface area contributed by atoms with Crippen molar-refractivity contribution >= 4 is 50.4 Å². The highest BCUT2D eigenvalue weighted by Crippen LogP contribution is 2.45. The van der Waals surface area contributed by atoms with Gasteiger partial charge in [-0.05, 0) is 37.1 Å². The van der Waals surface area contributed by atoms with Gasteiger partial charge in [0.05, 0.1) is 4.90 Å². The minimum Gasteiger partial charge on any atom is -0.343 e. The van der Waals surface area contributed by atoms with Gasteiger partial charge >= 0.3 is 0 Å². The SMILES string of the molecule is O=P(C(=S)Nc1ccc(S(=O)(=O)N2CCCCC2)cc1)(c1ccccc1)c1ccccc1. The zero-order valence-electron chi connectivity index (χ0n) is 17.6. The molecule has 166 valence electrons. The fourth-order valence-corrected chi connectivity index (χ4v) is 8.33. The van der Waals surface area contributed by atoms with Crippen LogP contribution in [0, 0.1) is 0 Å². The average Bonchev–Trinajstić information content (AvgIpc) is 2.85. The lowest BCUT2D eigenvalue weighted by molar-refractivity contribution is 0.346. The summed E-state index contributed by atoms with van der Waals surface area (Å²) in [5.41, 5.74) is 0.597. The van der Waals surface area contributed by atoms with Crippen molar-refractivity contribution in [3.05, 3.63) is 84.9 Å². The highest BCUT2D eigenvalue weighted by molar-refractivity contribution is 8.08. The lowest BCUT2D eigenvalue weighted by Gasteiger charge is -2.26. The first-order valence-corrected chi connectivity index (χ1v) is 14.1. The van der Waals surface area contributed by atoms with E-state index in [1.54, 1.807) is 28.6 Å². The fourth-order valence-electron chi connectivity index (χ4n) is 3.83. The first-order valence-electron chi connectivity index (χ1n) is 10.6. The van der Waals surface area contributed by atoms with Gasteiger partial charge in [0.2, 0.25) is 10.0 Å². The molecule has 3 aromatic rings. The third kappa shape index (κ3) is 4.57. The minimum atomic E-state index is -3.50. The van der Waals surface area contributed by atoms with E-state index in [2.05, 4.69) is 5.32 Å². The van der Waals surface area contributed by atoms with Crippen LogP contribution in [0.1, 0.15) is 19.3 Å². The van der Waals surface area contributed by atoms with Crippen molar-refractivity contribution in [2.24, 2.45) is 0 Å². The molecule has 3 aromatic carbocycles. The molecule has 8 heteroatoms. The van der Waals surface area contributed by atoms with E-state index in [0.29, 0.717) is 29.4 Å². The highest BCUT2D eigenvalue weighted by atomic mass is 32.2. The van der Waals surface area contributed by atoms with E-state index in [1.807, 2.05) is 60.7 Å². The van der Waals surface area contributed by atoms with Crippen LogP contribution < -0.4 is 15.9 Å². The molecular formula is C24H25N2O3PS2. The Morgan fingerprint density at radius 2 is 1.28 bits per heavy atom. The Morgan fingerprint density at radius 1 is 0.781 bits per heavy atom. The van der Waals surface area contributed by atoms with E-state index in [0.717, 1.165) is 19.3 Å². The summed E-state index contributed by atoms with van der Waals surface area (Å²) in [6.45, 7) is 1.12. The van der Waals surface area contributed by atoms with Crippen LogP contribution in [0.15, 0.2) is 89.8 Å². The van der Waals surface area contributed by atoms with E-state index in [-0.39, 0.29) is 9.63 Å². The minimum absolute atomic E-state index is 0.210. The summed E-state index contributed by atoms with van der Waals surface area (Å²) in [4.78, 5) is 0.255. The van der Waals surface area contributed by atoms with Crippen molar-refractivity contribution in [3.63, 3.8) is 0 Å². The third-order valence-electron chi connectivity index (χ3n) is 5.58. The Labute approximate surface area is 194 Å². The number of piperidine rings is 1. The van der Waals surface area contributed by atoms with Crippen molar-refractivity contribution in [1.29, 1.82) is 0 Å². The molecule has 1 N–H and O–H groups in total. The summed E-state index contributed by atoms with van der Waals surface area (Å²) in [5, 5.41) is 4.39. The smallest absolute Gasteiger partial charge is 0.243 e. The largest absolute Gasteiger partial charge is 0.343 e. The van der Waals surface area contributed by atoms with Crippen molar-refractivity contribution in [2.45, 2.75) is 24.2 Å². The van der Waals surface area contributed by atoms with Gasteiger partial charge in [-0.1, -0.05) is 79.3 Å². The van der Waals surface area contributed by atoms with Gasteiger partial charge in [0.1, 0.15) is 4.73 Å². The van der Waals surface area contributed by atoms with Crippen LogP contribution in [0.25, 0.3) is 0 Å². The molecule has 0 aromatic heterocycles. The number of benzene rings is 3. The quantitative estimate of drug-likeness (QED) is 0.410. The molecule has 0 atom stereocenters. The number of rotatable bonds is 6. The zero-order valence-corrected chi connectivity index (χ0v) is 20.1. The van der Waals surface area contributed by atoms with Crippen LogP contribution in [0.5, 0.6) is 0 Å². The number of thiocarbonyl (C=S) groups is 1. The Hall–Kier alpha value is -2.31. The second-order valence-electron chi connectivity index (χ2n) is 7.70. The van der Waals surface area contributed by atoms with Crippen LogP contribution in [0.2, 0.25) is 0 Å². The van der Waals surface area contributed by atoms with Gasteiger partial charge < -0.3 is 9.88 Å². The summed E-state index contributed by atoms with van der Waals surface area (Å²) >= 11 is 5.64. The summed E-state index contributed by atoms with van der Waals surface area (Å²) in [7, 11) is -6.76. The molecule has 1 heterocycles. The molecule has 0 radical (unpaired) electrons. The Kier molecular flexibility index (Phi) is 6.91. The number of hydrogen-bond acceptors (Lipinski definition) is 4. The molecule has 5 nitrogen and oxygen atoms in total. The third-order valence-corrected chi connectivity index (χ3v) is 11.1. The van der Waals surface area contributed by atoms with E-state index in [4.69, 9.17) is 12.2 Å². The molecule has 0 aliphatic carbocycles. The molecule has 0 bridgehead atoms. The Bertz CT molecular complexity index is 1180. The maximum Gasteiger partial charge on any atom is 0.243 e. The summed E-state index contributed by atoms with van der Waals surface area (Å²) in [6.07, 6.45) is 2.85. The van der Waals surface area contributed by atoms with E-state index in [9.17, 15) is 13.0 Å². The molecule has 1 saturated heterocycles. The first kappa shape index (κ1) is 22.9. The van der Waals surface area contributed by atoms with Gasteiger partial charge in [0.25, 0.3) is 0 Å². The van der Waals surface area contributed by atoms with E-state index >= 15 is 0 Å². The monoisotopic (exact) mass is 484 g/mol. The van der Waals surface area contributed by atoms with E-state index < -0.39 is 17.2 Å². The Balaban J connectivity index is 1.60. The summed E-state index contributed by atoms with van der Waals surface area (Å²) < 4.78 is 41.8. The van der Waals surface area contributed by atoms with Gasteiger partial charge in [0, 0.05) is 29.4 Å². The molecule has 4 rings (SSSR count). The fraction of sp³-hybridized carbons (Fsp3) is 0.208. The van der Waals surface area contributed by atoms with Gasteiger partial charge in [-0.15, -0.1) is 0 Å². The second kappa shape index (κ2) is 9.67. The summed E-state index contributed by atoms with van der Waals surface area (Å²) in [6, 6.07) is 24.9. The molecule has 0 amide bonds. The van der Waals surface area contributed by atoms with Crippen molar-refractivity contribution in [2.75, 3.05) is 18.4 Å². The van der Waals surface area contributed by atoms with Crippen LogP contribution in [0.3, 0.4) is 0 Å². The maximum absolute atomic E-state index is 14.2. The number of nitrogens with one attached hydrogen (secondary N) is 1. The van der Waals surface area contributed by atoms with Crippen molar-refractivity contribution < 1.29 is 13.0 Å². The molecule has 1 fully saturated rings. The predicted octanol–water partition coefficient (Wildman–Crippen LogP) is 4.57. The second-order valence-corrected chi connectivity index (χ2v) is 13.0. The van der Waals surface area contributed by atoms with Crippen molar-refractivity contribution in [3.8, 4) is 0 Å². The molecule has 32 heavy (non-hydrogen) atoms. The van der Waals surface area contributed by atoms with Crippen LogP contribution in [-0.4, -0.2) is 30.5 Å². The number of anilines is 1. The first-order chi connectivity index (χ1) is 15.4. The maximum atomic E-state index is 14.2. The molecule has 0 spiro atoms. The Morgan fingerprint density at radius 3 is 1.78 bits per heavy atom. The molecule has 1 aliphatic heterocycles. The lowest BCUT2D eigenvalue weighted by Crippen LogP contribution is -2.35. The normalized spacial score (nSPS) is 15.2. The summed E-state index contributed by atoms with van der Waals surface area (Å²) in [5.74, 6) is 0. The van der Waals surface area contributed by atoms with E-state index in [1.165, 1.54) is 0 Å². The van der Waals surface area contributed by atoms with Gasteiger partial charge in [0.15, 0.2) is 7.14 Å². The molecule has 0 unspecified atom stereocenters. The van der Waals surface area contributed by atoms with Gasteiger partial charge in [-0.25, -0.2) is 8.42 Å².